The Morgan fingerprint density at radius 3 is 2.48 bits per heavy atom. The normalized spacial score (nSPS) is 11.3. The number of aromatic nitrogens is 1. The van der Waals surface area contributed by atoms with Crippen LogP contribution in [0.5, 0.6) is 0 Å². The maximum absolute atomic E-state index is 12.2. The van der Waals surface area contributed by atoms with E-state index in [4.69, 9.17) is 16.1 Å². The van der Waals surface area contributed by atoms with Gasteiger partial charge in [-0.15, -0.1) is 0 Å². The largest absolute Gasteiger partial charge is 0.356 e. The number of hydrogen-bond acceptors (Lipinski definition) is 5. The first-order valence-corrected chi connectivity index (χ1v) is 10.2. The van der Waals surface area contributed by atoms with Crippen LogP contribution < -0.4 is 5.32 Å². The fourth-order valence-corrected chi connectivity index (χ4v) is 3.78. The minimum atomic E-state index is -3.48. The standard InChI is InChI=1S/C19H17ClN2O4S/c20-15-8-6-14(7-9-15)18-12-16(22-26-18)13-21-19(23)10-11-27(24,25)17-4-2-1-3-5-17/h1-9,12H,10-11,13H2,(H,21,23). The number of hydrogen-bond donors (Lipinski definition) is 1. The highest BCUT2D eigenvalue weighted by molar-refractivity contribution is 7.91. The fraction of sp³-hybridized carbons (Fsp3) is 0.158. The summed E-state index contributed by atoms with van der Waals surface area (Å²) in [6, 6.07) is 16.9. The van der Waals surface area contributed by atoms with Crippen LogP contribution in [0.2, 0.25) is 5.02 Å². The third-order valence-corrected chi connectivity index (χ3v) is 5.84. The summed E-state index contributed by atoms with van der Waals surface area (Å²) in [7, 11) is -3.48. The van der Waals surface area contributed by atoms with E-state index in [1.807, 2.05) is 0 Å². The highest BCUT2D eigenvalue weighted by Gasteiger charge is 2.16. The van der Waals surface area contributed by atoms with Crippen molar-refractivity contribution < 1.29 is 17.7 Å². The summed E-state index contributed by atoms with van der Waals surface area (Å²) in [4.78, 5) is 12.2. The van der Waals surface area contributed by atoms with Gasteiger partial charge in [0.2, 0.25) is 5.91 Å². The molecule has 0 radical (unpaired) electrons. The first-order chi connectivity index (χ1) is 12.9. The van der Waals surface area contributed by atoms with E-state index in [0.717, 1.165) is 5.56 Å². The van der Waals surface area contributed by atoms with Crippen molar-refractivity contribution in [1.29, 1.82) is 0 Å². The van der Waals surface area contributed by atoms with E-state index in [1.165, 1.54) is 12.1 Å². The maximum Gasteiger partial charge on any atom is 0.221 e. The first-order valence-electron chi connectivity index (χ1n) is 8.20. The second-order valence-corrected chi connectivity index (χ2v) is 8.39. The summed E-state index contributed by atoms with van der Waals surface area (Å²) < 4.78 is 29.6. The molecule has 0 aliphatic rings. The van der Waals surface area contributed by atoms with Crippen LogP contribution >= 0.6 is 11.6 Å². The smallest absolute Gasteiger partial charge is 0.221 e. The molecule has 0 spiro atoms. The zero-order valence-corrected chi connectivity index (χ0v) is 15.8. The predicted octanol–water partition coefficient (Wildman–Crippen LogP) is 3.48. The third-order valence-electron chi connectivity index (χ3n) is 3.85. The van der Waals surface area contributed by atoms with Gasteiger partial charge in [0.15, 0.2) is 15.6 Å². The van der Waals surface area contributed by atoms with Crippen LogP contribution in [0.25, 0.3) is 11.3 Å². The molecular weight excluding hydrogens is 388 g/mol. The van der Waals surface area contributed by atoms with Gasteiger partial charge in [-0.05, 0) is 36.4 Å². The van der Waals surface area contributed by atoms with Crippen molar-refractivity contribution in [2.24, 2.45) is 0 Å². The van der Waals surface area contributed by atoms with Crippen molar-refractivity contribution >= 4 is 27.3 Å². The zero-order valence-electron chi connectivity index (χ0n) is 14.3. The number of amides is 1. The van der Waals surface area contributed by atoms with E-state index in [-0.39, 0.29) is 29.5 Å². The number of carbonyl (C=O) groups excluding carboxylic acids is 1. The Morgan fingerprint density at radius 1 is 1.07 bits per heavy atom. The zero-order chi connectivity index (χ0) is 19.3. The van der Waals surface area contributed by atoms with Crippen molar-refractivity contribution in [1.82, 2.24) is 10.5 Å². The molecule has 3 rings (SSSR count). The summed E-state index contributed by atoms with van der Waals surface area (Å²) in [5, 5.41) is 7.17. The van der Waals surface area contributed by atoms with Crippen molar-refractivity contribution in [3.63, 3.8) is 0 Å². The Labute approximate surface area is 162 Å². The van der Waals surface area contributed by atoms with Crippen LogP contribution in [0.1, 0.15) is 12.1 Å². The molecule has 0 saturated carbocycles. The van der Waals surface area contributed by atoms with Crippen LogP contribution in [0.15, 0.2) is 70.1 Å². The Kier molecular flexibility index (Phi) is 5.93. The fourth-order valence-electron chi connectivity index (χ4n) is 2.40. The monoisotopic (exact) mass is 404 g/mol. The molecule has 1 N–H and O–H groups in total. The summed E-state index contributed by atoms with van der Waals surface area (Å²) >= 11 is 5.85. The van der Waals surface area contributed by atoms with Crippen molar-refractivity contribution in [3.05, 3.63) is 71.4 Å². The molecule has 140 valence electrons. The number of nitrogens with one attached hydrogen (secondary N) is 1. The van der Waals surface area contributed by atoms with Crippen LogP contribution in [-0.4, -0.2) is 25.2 Å². The lowest BCUT2D eigenvalue weighted by atomic mass is 10.1. The molecule has 0 unspecified atom stereocenters. The van der Waals surface area contributed by atoms with E-state index in [9.17, 15) is 13.2 Å². The van der Waals surface area contributed by atoms with Gasteiger partial charge in [0.25, 0.3) is 0 Å². The van der Waals surface area contributed by atoms with E-state index >= 15 is 0 Å². The molecule has 0 aliphatic carbocycles. The molecule has 6 nitrogen and oxygen atoms in total. The molecule has 1 aromatic heterocycles. The highest BCUT2D eigenvalue weighted by atomic mass is 35.5. The third kappa shape index (κ3) is 5.18. The Hall–Kier alpha value is -2.64. The van der Waals surface area contributed by atoms with E-state index in [1.54, 1.807) is 48.5 Å². The summed E-state index contributed by atoms with van der Waals surface area (Å²) in [5.74, 6) is -0.0642. The predicted molar refractivity (Wildman–Crippen MR) is 102 cm³/mol. The van der Waals surface area contributed by atoms with Gasteiger partial charge in [-0.3, -0.25) is 4.79 Å². The quantitative estimate of drug-likeness (QED) is 0.651. The van der Waals surface area contributed by atoms with Gasteiger partial charge in [-0.25, -0.2) is 8.42 Å². The Balaban J connectivity index is 1.52. The minimum absolute atomic E-state index is 0.126. The van der Waals surface area contributed by atoms with E-state index < -0.39 is 9.84 Å². The average Bonchev–Trinajstić information content (AvgIpc) is 3.15. The molecule has 1 heterocycles. The van der Waals surface area contributed by atoms with Gasteiger partial charge in [0.05, 0.1) is 17.2 Å². The van der Waals surface area contributed by atoms with E-state index in [2.05, 4.69) is 10.5 Å². The summed E-state index contributed by atoms with van der Waals surface area (Å²) in [6.45, 7) is 0.154. The highest BCUT2D eigenvalue weighted by Crippen LogP contribution is 2.22. The maximum atomic E-state index is 12.2. The molecule has 27 heavy (non-hydrogen) atoms. The first kappa shape index (κ1) is 19.1. The molecule has 1 amide bonds. The molecule has 2 aromatic carbocycles. The van der Waals surface area contributed by atoms with Gasteiger partial charge in [0, 0.05) is 23.1 Å². The van der Waals surface area contributed by atoms with Crippen molar-refractivity contribution in [3.8, 4) is 11.3 Å². The number of benzene rings is 2. The number of carbonyl (C=O) groups is 1. The second kappa shape index (κ2) is 8.37. The van der Waals surface area contributed by atoms with E-state index in [0.29, 0.717) is 16.5 Å². The second-order valence-electron chi connectivity index (χ2n) is 5.85. The van der Waals surface area contributed by atoms with Crippen LogP contribution in [0.3, 0.4) is 0 Å². The van der Waals surface area contributed by atoms with Crippen molar-refractivity contribution in [2.45, 2.75) is 17.9 Å². The van der Waals surface area contributed by atoms with Crippen LogP contribution in [-0.2, 0) is 21.2 Å². The number of sulfone groups is 1. The molecule has 0 atom stereocenters. The number of nitrogens with zero attached hydrogens (tertiary/aromatic N) is 1. The molecule has 3 aromatic rings. The minimum Gasteiger partial charge on any atom is -0.356 e. The lowest BCUT2D eigenvalue weighted by molar-refractivity contribution is -0.120. The van der Waals surface area contributed by atoms with Gasteiger partial charge in [-0.1, -0.05) is 35.0 Å². The topological polar surface area (TPSA) is 89.3 Å². The SMILES string of the molecule is O=C(CCS(=O)(=O)c1ccccc1)NCc1cc(-c2ccc(Cl)cc2)on1. The number of halogens is 1. The van der Waals surface area contributed by atoms with Crippen LogP contribution in [0.4, 0.5) is 0 Å². The average molecular weight is 405 g/mol. The Morgan fingerprint density at radius 2 is 1.78 bits per heavy atom. The van der Waals surface area contributed by atoms with Gasteiger partial charge >= 0.3 is 0 Å². The Bertz CT molecular complexity index is 1020. The van der Waals surface area contributed by atoms with Crippen LogP contribution in [0, 0.1) is 0 Å². The lowest BCUT2D eigenvalue weighted by Crippen LogP contribution is -2.25. The molecule has 0 bridgehead atoms. The molecule has 0 fully saturated rings. The summed E-state index contributed by atoms with van der Waals surface area (Å²) in [5.41, 5.74) is 1.36. The number of rotatable bonds is 7. The van der Waals surface area contributed by atoms with Gasteiger partial charge < -0.3 is 9.84 Å². The molecular formula is C19H17ClN2O4S. The summed E-state index contributed by atoms with van der Waals surface area (Å²) in [6.07, 6.45) is -0.126. The van der Waals surface area contributed by atoms with Gasteiger partial charge in [0.1, 0.15) is 5.69 Å². The lowest BCUT2D eigenvalue weighted by Gasteiger charge is -2.05. The molecule has 8 heteroatoms. The molecule has 0 saturated heterocycles. The van der Waals surface area contributed by atoms with Gasteiger partial charge in [-0.2, -0.15) is 0 Å². The molecule has 0 aliphatic heterocycles. The van der Waals surface area contributed by atoms with Crippen molar-refractivity contribution in [2.75, 3.05) is 5.75 Å².